The van der Waals surface area contributed by atoms with Crippen molar-refractivity contribution in [3.63, 3.8) is 0 Å². The number of carbonyl (C=O) groups is 2. The fourth-order valence-corrected chi connectivity index (χ4v) is 2.66. The van der Waals surface area contributed by atoms with Crippen LogP contribution in [-0.4, -0.2) is 45.2 Å². The van der Waals surface area contributed by atoms with Gasteiger partial charge in [0.15, 0.2) is 0 Å². The molecule has 5 nitrogen and oxygen atoms in total. The van der Waals surface area contributed by atoms with E-state index in [-0.39, 0.29) is 5.91 Å². The minimum Gasteiger partial charge on any atom is -0.480 e. The first-order valence-corrected chi connectivity index (χ1v) is 7.56. The summed E-state index contributed by atoms with van der Waals surface area (Å²) in [5.41, 5.74) is 0.360. The van der Waals surface area contributed by atoms with Crippen molar-refractivity contribution >= 4 is 23.6 Å². The molecule has 1 N–H and O–H groups in total. The van der Waals surface area contributed by atoms with E-state index in [1.807, 2.05) is 20.8 Å². The molecule has 1 aromatic rings. The molecular weight excluding hydrogens is 276 g/mol. The Bertz CT molecular complexity index is 475. The summed E-state index contributed by atoms with van der Waals surface area (Å²) >= 11 is 1.25. The molecule has 0 saturated heterocycles. The largest absolute Gasteiger partial charge is 0.480 e. The summed E-state index contributed by atoms with van der Waals surface area (Å²) in [4.78, 5) is 29.8. The van der Waals surface area contributed by atoms with Crippen molar-refractivity contribution in [1.29, 1.82) is 0 Å². The van der Waals surface area contributed by atoms with Crippen molar-refractivity contribution in [1.82, 2.24) is 9.88 Å². The summed E-state index contributed by atoms with van der Waals surface area (Å²) in [6.45, 7) is 6.91. The van der Waals surface area contributed by atoms with Gasteiger partial charge in [0.1, 0.15) is 10.9 Å². The number of rotatable bonds is 7. The predicted molar refractivity (Wildman–Crippen MR) is 79.1 cm³/mol. The summed E-state index contributed by atoms with van der Waals surface area (Å²) < 4.78 is 0. The third kappa shape index (κ3) is 4.23. The molecule has 1 atom stereocenters. The minimum atomic E-state index is -0.842. The fraction of sp³-hybridized carbons (Fsp3) is 0.500. The molecule has 0 saturated carbocycles. The number of aliphatic carboxylic acids is 1. The van der Waals surface area contributed by atoms with Crippen LogP contribution in [0.4, 0.5) is 0 Å². The van der Waals surface area contributed by atoms with Gasteiger partial charge < -0.3 is 10.0 Å². The molecule has 0 aromatic carbocycles. The highest BCUT2D eigenvalue weighted by atomic mass is 32.2. The molecule has 110 valence electrons. The van der Waals surface area contributed by atoms with Crippen LogP contribution in [-0.2, 0) is 4.79 Å². The molecule has 0 spiro atoms. The van der Waals surface area contributed by atoms with E-state index in [1.165, 1.54) is 11.8 Å². The predicted octanol–water partition coefficient (Wildman–Crippen LogP) is 2.52. The number of amides is 1. The number of carboxylic acids is 1. The highest BCUT2D eigenvalue weighted by Gasteiger charge is 2.18. The van der Waals surface area contributed by atoms with Crippen molar-refractivity contribution in [3.05, 3.63) is 24.0 Å². The Balaban J connectivity index is 2.90. The Morgan fingerprint density at radius 2 is 2.00 bits per heavy atom. The van der Waals surface area contributed by atoms with Crippen molar-refractivity contribution in [3.8, 4) is 0 Å². The van der Waals surface area contributed by atoms with Crippen LogP contribution in [0.15, 0.2) is 23.2 Å². The van der Waals surface area contributed by atoms with E-state index >= 15 is 0 Å². The van der Waals surface area contributed by atoms with Crippen molar-refractivity contribution in [2.75, 3.05) is 13.1 Å². The van der Waals surface area contributed by atoms with Gasteiger partial charge >= 0.3 is 5.97 Å². The highest BCUT2D eigenvalue weighted by molar-refractivity contribution is 8.00. The number of carboxylic acid groups (broad SMARTS) is 1. The molecule has 0 aliphatic rings. The maximum absolute atomic E-state index is 12.2. The van der Waals surface area contributed by atoms with E-state index in [0.717, 1.165) is 4.90 Å². The van der Waals surface area contributed by atoms with Gasteiger partial charge in [-0.05, 0) is 32.4 Å². The summed E-state index contributed by atoms with van der Waals surface area (Å²) in [6, 6.07) is 3.40. The topological polar surface area (TPSA) is 70.5 Å². The normalized spacial score (nSPS) is 11.9. The van der Waals surface area contributed by atoms with Crippen LogP contribution in [0, 0.1) is 0 Å². The Morgan fingerprint density at radius 1 is 1.35 bits per heavy atom. The molecule has 6 heteroatoms. The molecule has 20 heavy (non-hydrogen) atoms. The number of carbonyl (C=O) groups excluding carboxylic acids is 1. The first-order chi connectivity index (χ1) is 9.53. The second kappa shape index (κ2) is 7.89. The van der Waals surface area contributed by atoms with E-state index in [9.17, 15) is 9.59 Å². The summed E-state index contributed by atoms with van der Waals surface area (Å²) in [5, 5.41) is 8.56. The first kappa shape index (κ1) is 16.5. The molecule has 0 radical (unpaired) electrons. The smallest absolute Gasteiger partial charge is 0.316 e. The highest BCUT2D eigenvalue weighted by Crippen LogP contribution is 2.25. The molecule has 1 heterocycles. The van der Waals surface area contributed by atoms with Gasteiger partial charge in [-0.1, -0.05) is 6.92 Å². The average Bonchev–Trinajstić information content (AvgIpc) is 2.45. The van der Waals surface area contributed by atoms with Crippen LogP contribution >= 0.6 is 11.8 Å². The molecular formula is C14H20N2O3S. The zero-order valence-corrected chi connectivity index (χ0v) is 12.8. The van der Waals surface area contributed by atoms with Gasteiger partial charge in [-0.3, -0.25) is 14.6 Å². The Labute approximate surface area is 123 Å². The molecule has 0 fully saturated rings. The van der Waals surface area contributed by atoms with Crippen molar-refractivity contribution in [2.45, 2.75) is 37.3 Å². The lowest BCUT2D eigenvalue weighted by Crippen LogP contribution is -2.31. The first-order valence-electron chi connectivity index (χ1n) is 6.68. The molecule has 1 rings (SSSR count). The Kier molecular flexibility index (Phi) is 6.51. The van der Waals surface area contributed by atoms with Crippen LogP contribution in [0.25, 0.3) is 0 Å². The molecule has 0 bridgehead atoms. The van der Waals surface area contributed by atoms with E-state index in [4.69, 9.17) is 5.11 Å². The number of thioether (sulfide) groups is 1. The average molecular weight is 296 g/mol. The molecule has 0 aliphatic heterocycles. The number of hydrogen-bond acceptors (Lipinski definition) is 4. The lowest BCUT2D eigenvalue weighted by molar-refractivity contribution is -0.136. The number of nitrogens with zero attached hydrogens (tertiary/aromatic N) is 2. The lowest BCUT2D eigenvalue weighted by Gasteiger charge is -2.18. The van der Waals surface area contributed by atoms with Gasteiger partial charge in [0, 0.05) is 24.2 Å². The van der Waals surface area contributed by atoms with E-state index < -0.39 is 11.2 Å². The SMILES string of the molecule is CCC(Sc1ccnc(C(=O)N(CC)CC)c1)C(=O)O. The lowest BCUT2D eigenvalue weighted by atomic mass is 10.3. The standard InChI is InChI=1S/C14H20N2O3S/c1-4-12(14(18)19)20-10-7-8-15-11(9-10)13(17)16(5-2)6-3/h7-9,12H,4-6H2,1-3H3,(H,18,19). The van der Waals surface area contributed by atoms with Gasteiger partial charge in [-0.25, -0.2) is 0 Å². The second-order valence-electron chi connectivity index (χ2n) is 4.21. The van der Waals surface area contributed by atoms with Crippen LogP contribution in [0.3, 0.4) is 0 Å². The van der Waals surface area contributed by atoms with Crippen molar-refractivity contribution < 1.29 is 14.7 Å². The minimum absolute atomic E-state index is 0.124. The fourth-order valence-electron chi connectivity index (χ4n) is 1.75. The Hall–Kier alpha value is -1.56. The van der Waals surface area contributed by atoms with Crippen LogP contribution in [0.5, 0.6) is 0 Å². The van der Waals surface area contributed by atoms with Crippen LogP contribution in [0.2, 0.25) is 0 Å². The third-order valence-corrected chi connectivity index (χ3v) is 4.27. The Morgan fingerprint density at radius 3 is 2.50 bits per heavy atom. The number of pyridine rings is 1. The molecule has 0 aliphatic carbocycles. The zero-order valence-electron chi connectivity index (χ0n) is 12.0. The maximum atomic E-state index is 12.2. The van der Waals surface area contributed by atoms with E-state index in [0.29, 0.717) is 25.2 Å². The monoisotopic (exact) mass is 296 g/mol. The quantitative estimate of drug-likeness (QED) is 0.783. The van der Waals surface area contributed by atoms with E-state index in [2.05, 4.69) is 4.98 Å². The molecule has 1 unspecified atom stereocenters. The number of aromatic nitrogens is 1. The van der Waals surface area contributed by atoms with Gasteiger partial charge in [0.25, 0.3) is 5.91 Å². The summed E-state index contributed by atoms with van der Waals surface area (Å²) in [5.74, 6) is -0.966. The van der Waals surface area contributed by atoms with Gasteiger partial charge in [-0.15, -0.1) is 11.8 Å². The van der Waals surface area contributed by atoms with Gasteiger partial charge in [0.2, 0.25) is 0 Å². The second-order valence-corrected chi connectivity index (χ2v) is 5.48. The summed E-state index contributed by atoms with van der Waals surface area (Å²) in [6.07, 6.45) is 2.08. The van der Waals surface area contributed by atoms with Gasteiger partial charge in [0.05, 0.1) is 0 Å². The summed E-state index contributed by atoms with van der Waals surface area (Å²) in [7, 11) is 0. The number of hydrogen-bond donors (Lipinski definition) is 1. The zero-order chi connectivity index (χ0) is 15.1. The van der Waals surface area contributed by atoms with Gasteiger partial charge in [-0.2, -0.15) is 0 Å². The third-order valence-electron chi connectivity index (χ3n) is 2.93. The van der Waals surface area contributed by atoms with Crippen LogP contribution < -0.4 is 0 Å². The maximum Gasteiger partial charge on any atom is 0.316 e. The van der Waals surface area contributed by atoms with Crippen LogP contribution in [0.1, 0.15) is 37.7 Å². The molecule has 1 aromatic heterocycles. The molecule has 1 amide bonds. The van der Waals surface area contributed by atoms with Crippen molar-refractivity contribution in [2.24, 2.45) is 0 Å². The van der Waals surface area contributed by atoms with E-state index in [1.54, 1.807) is 23.2 Å².